The monoisotopic (exact) mass is 366 g/mol. The zero-order chi connectivity index (χ0) is 19.7. The number of hydrogen-bond acceptors (Lipinski definition) is 4. The van der Waals surface area contributed by atoms with E-state index in [9.17, 15) is 4.79 Å². The molecule has 0 aliphatic heterocycles. The zero-order valence-corrected chi connectivity index (χ0v) is 16.7. The molecule has 3 aromatic rings. The lowest BCUT2D eigenvalue weighted by molar-refractivity contribution is 0.0993. The lowest BCUT2D eigenvalue weighted by Crippen LogP contribution is -2.27. The van der Waals surface area contributed by atoms with Crippen LogP contribution in [0.25, 0.3) is 11.0 Å². The molecule has 0 saturated heterocycles. The second kappa shape index (κ2) is 7.39. The molecule has 0 aliphatic rings. The van der Waals surface area contributed by atoms with Gasteiger partial charge in [-0.05, 0) is 38.0 Å². The molecule has 27 heavy (non-hydrogen) atoms. The van der Waals surface area contributed by atoms with Gasteiger partial charge in [0, 0.05) is 18.8 Å². The molecule has 0 radical (unpaired) electrons. The highest BCUT2D eigenvalue weighted by atomic mass is 16.5. The first-order chi connectivity index (χ1) is 12.8. The quantitative estimate of drug-likeness (QED) is 0.671. The number of nitrogens with zero attached hydrogens (tertiary/aromatic N) is 4. The van der Waals surface area contributed by atoms with Gasteiger partial charge in [-0.3, -0.25) is 4.79 Å². The number of anilines is 1. The van der Waals surface area contributed by atoms with Crippen molar-refractivity contribution in [2.45, 2.75) is 39.7 Å². The van der Waals surface area contributed by atoms with Gasteiger partial charge in [0.25, 0.3) is 5.91 Å². The summed E-state index contributed by atoms with van der Waals surface area (Å²) < 4.78 is 7.28. The third-order valence-electron chi connectivity index (χ3n) is 4.65. The first kappa shape index (κ1) is 18.9. The Balaban J connectivity index is 2.16. The third kappa shape index (κ3) is 3.39. The van der Waals surface area contributed by atoms with Crippen molar-refractivity contribution in [1.29, 1.82) is 0 Å². The van der Waals surface area contributed by atoms with Gasteiger partial charge in [0.05, 0.1) is 29.9 Å². The first-order valence-electron chi connectivity index (χ1n) is 9.14. The Hall–Kier alpha value is -2.89. The fourth-order valence-electron chi connectivity index (χ4n) is 3.08. The summed E-state index contributed by atoms with van der Waals surface area (Å²) in [7, 11) is 3.36. The summed E-state index contributed by atoms with van der Waals surface area (Å²) in [5, 5.41) is 5.23. The Kier molecular flexibility index (Phi) is 5.17. The van der Waals surface area contributed by atoms with E-state index in [1.54, 1.807) is 25.3 Å². The minimum atomic E-state index is -0.114. The number of pyridine rings is 1. The van der Waals surface area contributed by atoms with Gasteiger partial charge < -0.3 is 9.64 Å². The Bertz CT molecular complexity index is 975. The van der Waals surface area contributed by atoms with E-state index < -0.39 is 0 Å². The highest BCUT2D eigenvalue weighted by Gasteiger charge is 2.23. The molecule has 0 atom stereocenters. The number of carbonyl (C=O) groups excluding carboxylic acids is 1. The molecule has 0 N–H and O–H groups in total. The van der Waals surface area contributed by atoms with Crippen molar-refractivity contribution >= 4 is 22.6 Å². The van der Waals surface area contributed by atoms with Gasteiger partial charge in [0.15, 0.2) is 5.65 Å². The summed E-state index contributed by atoms with van der Waals surface area (Å²) >= 11 is 0. The highest BCUT2D eigenvalue weighted by Crippen LogP contribution is 2.30. The molecule has 0 fully saturated rings. The van der Waals surface area contributed by atoms with Gasteiger partial charge in [-0.1, -0.05) is 26.0 Å². The summed E-state index contributed by atoms with van der Waals surface area (Å²) in [4.78, 5) is 19.8. The summed E-state index contributed by atoms with van der Waals surface area (Å²) in [6, 6.07) is 9.53. The van der Waals surface area contributed by atoms with E-state index in [0.717, 1.165) is 22.4 Å². The van der Waals surface area contributed by atoms with Crippen molar-refractivity contribution in [1.82, 2.24) is 14.8 Å². The molecule has 0 bridgehead atoms. The average Bonchev–Trinajstić information content (AvgIpc) is 3.10. The van der Waals surface area contributed by atoms with Crippen molar-refractivity contribution in [2.24, 2.45) is 0 Å². The van der Waals surface area contributed by atoms with Gasteiger partial charge in [0.1, 0.15) is 5.75 Å². The van der Waals surface area contributed by atoms with Crippen LogP contribution in [0.1, 0.15) is 55.7 Å². The predicted molar refractivity (Wildman–Crippen MR) is 108 cm³/mol. The van der Waals surface area contributed by atoms with Crippen LogP contribution in [-0.2, 0) is 0 Å². The maximum Gasteiger partial charge on any atom is 0.258 e. The van der Waals surface area contributed by atoms with Gasteiger partial charge >= 0.3 is 0 Å². The van der Waals surface area contributed by atoms with E-state index in [1.807, 2.05) is 35.0 Å². The van der Waals surface area contributed by atoms with Crippen LogP contribution in [-0.4, -0.2) is 34.8 Å². The van der Waals surface area contributed by atoms with Crippen molar-refractivity contribution in [2.75, 3.05) is 19.1 Å². The van der Waals surface area contributed by atoms with E-state index in [4.69, 9.17) is 9.72 Å². The number of aromatic nitrogens is 3. The van der Waals surface area contributed by atoms with Crippen molar-refractivity contribution in [3.8, 4) is 5.75 Å². The molecular formula is C21H26N4O2. The van der Waals surface area contributed by atoms with E-state index >= 15 is 0 Å². The van der Waals surface area contributed by atoms with E-state index in [2.05, 4.69) is 32.8 Å². The molecule has 2 aromatic heterocycles. The third-order valence-corrected chi connectivity index (χ3v) is 4.65. The molecule has 6 nitrogen and oxygen atoms in total. The van der Waals surface area contributed by atoms with Crippen molar-refractivity contribution < 1.29 is 9.53 Å². The second-order valence-corrected chi connectivity index (χ2v) is 7.21. The molecule has 2 heterocycles. The van der Waals surface area contributed by atoms with Crippen LogP contribution >= 0.6 is 0 Å². The Morgan fingerprint density at radius 3 is 2.52 bits per heavy atom. The number of para-hydroxylation sites is 2. The van der Waals surface area contributed by atoms with Gasteiger partial charge in [-0.15, -0.1) is 0 Å². The number of methoxy groups -OCH3 is 1. The fourth-order valence-corrected chi connectivity index (χ4v) is 3.08. The number of benzene rings is 1. The molecule has 0 aliphatic carbocycles. The van der Waals surface area contributed by atoms with Gasteiger partial charge in [-0.25, -0.2) is 9.67 Å². The predicted octanol–water partition coefficient (Wildman–Crippen LogP) is 4.42. The van der Waals surface area contributed by atoms with Crippen LogP contribution in [0, 0.1) is 0 Å². The molecular weight excluding hydrogens is 340 g/mol. The number of amides is 1. The van der Waals surface area contributed by atoms with Crippen LogP contribution < -0.4 is 9.64 Å². The van der Waals surface area contributed by atoms with Crippen LogP contribution in [0.15, 0.2) is 36.5 Å². The standard InChI is InChI=1S/C21H26N4O2/c1-13(2)17-11-15(16-12-22-25(14(3)4)20(16)23-17)21(26)24(5)18-9-7-8-10-19(18)27-6/h7-14H,1-6H3. The number of fused-ring (bicyclic) bond motifs is 1. The van der Waals surface area contributed by atoms with Crippen LogP contribution in [0.5, 0.6) is 5.75 Å². The number of ether oxygens (including phenoxy) is 1. The molecule has 142 valence electrons. The number of carbonyl (C=O) groups is 1. The summed E-state index contributed by atoms with van der Waals surface area (Å²) in [5.74, 6) is 0.741. The van der Waals surface area contributed by atoms with Crippen LogP contribution in [0.2, 0.25) is 0 Å². The van der Waals surface area contributed by atoms with E-state index in [-0.39, 0.29) is 17.9 Å². The molecule has 1 amide bonds. The van der Waals surface area contributed by atoms with Crippen molar-refractivity contribution in [3.63, 3.8) is 0 Å². The van der Waals surface area contributed by atoms with Gasteiger partial charge in [0.2, 0.25) is 0 Å². The topological polar surface area (TPSA) is 60.2 Å². The largest absolute Gasteiger partial charge is 0.495 e. The summed E-state index contributed by atoms with van der Waals surface area (Å²) in [6.07, 6.45) is 1.73. The Morgan fingerprint density at radius 1 is 1.19 bits per heavy atom. The lowest BCUT2D eigenvalue weighted by atomic mass is 10.0. The summed E-state index contributed by atoms with van der Waals surface area (Å²) in [5.41, 5.74) is 2.94. The minimum absolute atomic E-state index is 0.114. The fraction of sp³-hybridized carbons (Fsp3) is 0.381. The zero-order valence-electron chi connectivity index (χ0n) is 16.7. The normalized spacial score (nSPS) is 11.4. The van der Waals surface area contributed by atoms with Gasteiger partial charge in [-0.2, -0.15) is 5.10 Å². The molecule has 0 saturated carbocycles. The van der Waals surface area contributed by atoms with E-state index in [0.29, 0.717) is 11.3 Å². The smallest absolute Gasteiger partial charge is 0.258 e. The minimum Gasteiger partial charge on any atom is -0.495 e. The maximum atomic E-state index is 13.4. The van der Waals surface area contributed by atoms with E-state index in [1.165, 1.54) is 0 Å². The summed E-state index contributed by atoms with van der Waals surface area (Å²) in [6.45, 7) is 8.25. The second-order valence-electron chi connectivity index (χ2n) is 7.21. The SMILES string of the molecule is COc1ccccc1N(C)C(=O)c1cc(C(C)C)nc2c1cnn2C(C)C. The maximum absolute atomic E-state index is 13.4. The van der Waals surface area contributed by atoms with Crippen LogP contribution in [0.4, 0.5) is 5.69 Å². The molecule has 3 rings (SSSR count). The molecule has 0 unspecified atom stereocenters. The molecule has 6 heteroatoms. The molecule has 0 spiro atoms. The van der Waals surface area contributed by atoms with Crippen molar-refractivity contribution in [3.05, 3.63) is 47.8 Å². The van der Waals surface area contributed by atoms with Crippen LogP contribution in [0.3, 0.4) is 0 Å². The number of hydrogen-bond donors (Lipinski definition) is 0. The number of rotatable bonds is 5. The lowest BCUT2D eigenvalue weighted by Gasteiger charge is -2.21. The Labute approximate surface area is 159 Å². The Morgan fingerprint density at radius 2 is 1.89 bits per heavy atom. The highest BCUT2D eigenvalue weighted by molar-refractivity contribution is 6.13. The average molecular weight is 366 g/mol. The first-order valence-corrected chi connectivity index (χ1v) is 9.14. The molecule has 1 aromatic carbocycles.